The van der Waals surface area contributed by atoms with Gasteiger partial charge in [-0.25, -0.2) is 0 Å². The fourth-order valence-corrected chi connectivity index (χ4v) is 3.46. The van der Waals surface area contributed by atoms with Gasteiger partial charge in [0, 0.05) is 39.0 Å². The van der Waals surface area contributed by atoms with E-state index in [0.717, 1.165) is 23.2 Å². The summed E-state index contributed by atoms with van der Waals surface area (Å²) >= 11 is 0. The molecule has 0 bridgehead atoms. The largest absolute Gasteiger partial charge is 0.349 e. The van der Waals surface area contributed by atoms with Crippen LogP contribution in [0.4, 0.5) is 0 Å². The first kappa shape index (κ1) is 19.0. The van der Waals surface area contributed by atoms with Crippen LogP contribution in [0, 0.1) is 6.92 Å². The first-order chi connectivity index (χ1) is 13.0. The summed E-state index contributed by atoms with van der Waals surface area (Å²) in [6.45, 7) is 5.60. The van der Waals surface area contributed by atoms with E-state index in [1.165, 1.54) is 6.92 Å². The van der Waals surface area contributed by atoms with Crippen LogP contribution in [0.3, 0.4) is 0 Å². The van der Waals surface area contributed by atoms with Crippen molar-refractivity contribution in [3.8, 4) is 0 Å². The van der Waals surface area contributed by atoms with Gasteiger partial charge in [-0.2, -0.15) is 0 Å². The summed E-state index contributed by atoms with van der Waals surface area (Å²) in [5.41, 5.74) is 3.10. The smallest absolute Gasteiger partial charge is 0.225 e. The summed E-state index contributed by atoms with van der Waals surface area (Å²) in [7, 11) is 0. The van der Waals surface area contributed by atoms with Gasteiger partial charge in [0.25, 0.3) is 0 Å². The molecule has 1 aromatic carbocycles. The van der Waals surface area contributed by atoms with Gasteiger partial charge in [0.2, 0.25) is 11.8 Å². The number of hydrogen-bond acceptors (Lipinski definition) is 4. The Kier molecular flexibility index (Phi) is 6.19. The Hall–Kier alpha value is -2.73. The number of piperazine rings is 1. The number of nitrogens with zero attached hydrogens (tertiary/aromatic N) is 2. The van der Waals surface area contributed by atoms with E-state index < -0.39 is 0 Å². The summed E-state index contributed by atoms with van der Waals surface area (Å²) in [5, 5.41) is 6.28. The van der Waals surface area contributed by atoms with E-state index in [1.807, 2.05) is 54.4 Å². The van der Waals surface area contributed by atoms with Crippen molar-refractivity contribution in [2.45, 2.75) is 32.4 Å². The van der Waals surface area contributed by atoms with E-state index in [1.54, 1.807) is 6.20 Å². The van der Waals surface area contributed by atoms with Crippen molar-refractivity contribution in [3.05, 3.63) is 65.5 Å². The molecule has 1 aliphatic heterocycles. The monoisotopic (exact) mass is 366 g/mol. The van der Waals surface area contributed by atoms with Crippen molar-refractivity contribution < 1.29 is 9.59 Å². The second-order valence-corrected chi connectivity index (χ2v) is 6.96. The summed E-state index contributed by atoms with van der Waals surface area (Å²) in [5.74, 6) is -0.109. The van der Waals surface area contributed by atoms with Crippen LogP contribution >= 0.6 is 0 Å². The first-order valence-electron chi connectivity index (χ1n) is 9.28. The number of carbonyl (C=O) groups is 2. The zero-order valence-electron chi connectivity index (χ0n) is 15.8. The van der Waals surface area contributed by atoms with E-state index in [9.17, 15) is 9.59 Å². The van der Waals surface area contributed by atoms with Crippen molar-refractivity contribution in [1.82, 2.24) is 20.5 Å². The molecular formula is C21H26N4O2. The average molecular weight is 366 g/mol. The SMILES string of the molecule is CC(=O)NC(CC(=O)N1CCNCC1c1cccnc1)c1ccc(C)cc1. The van der Waals surface area contributed by atoms with Crippen LogP contribution in [0.2, 0.25) is 0 Å². The molecule has 1 aliphatic rings. The number of rotatable bonds is 5. The van der Waals surface area contributed by atoms with E-state index in [-0.39, 0.29) is 30.3 Å². The molecule has 1 aromatic heterocycles. The molecule has 2 heterocycles. The fraction of sp³-hybridized carbons (Fsp3) is 0.381. The van der Waals surface area contributed by atoms with Crippen molar-refractivity contribution in [2.75, 3.05) is 19.6 Å². The van der Waals surface area contributed by atoms with E-state index in [4.69, 9.17) is 0 Å². The van der Waals surface area contributed by atoms with Crippen molar-refractivity contribution in [2.24, 2.45) is 0 Å². The third kappa shape index (κ3) is 4.92. The standard InChI is InChI=1S/C21H26N4O2/c1-15-5-7-17(8-6-15)19(24-16(2)26)12-21(27)25-11-10-23-14-20(25)18-4-3-9-22-13-18/h3-9,13,19-20,23H,10-12,14H2,1-2H3,(H,24,26). The van der Waals surface area contributed by atoms with Gasteiger partial charge in [0.1, 0.15) is 0 Å². The van der Waals surface area contributed by atoms with E-state index >= 15 is 0 Å². The lowest BCUT2D eigenvalue weighted by Crippen LogP contribution is -2.49. The third-order valence-corrected chi connectivity index (χ3v) is 4.87. The topological polar surface area (TPSA) is 74.3 Å². The number of aromatic nitrogens is 1. The molecule has 2 N–H and O–H groups in total. The van der Waals surface area contributed by atoms with Gasteiger partial charge in [0.05, 0.1) is 18.5 Å². The number of pyridine rings is 1. The Morgan fingerprint density at radius 2 is 2.07 bits per heavy atom. The lowest BCUT2D eigenvalue weighted by Gasteiger charge is -2.37. The maximum Gasteiger partial charge on any atom is 0.225 e. The molecule has 2 amide bonds. The van der Waals surface area contributed by atoms with Crippen LogP contribution < -0.4 is 10.6 Å². The van der Waals surface area contributed by atoms with Crippen molar-refractivity contribution in [3.63, 3.8) is 0 Å². The number of nitrogens with one attached hydrogen (secondary N) is 2. The van der Waals surface area contributed by atoms with Gasteiger partial charge in [-0.05, 0) is 24.1 Å². The molecule has 3 rings (SSSR count). The highest BCUT2D eigenvalue weighted by molar-refractivity contribution is 5.79. The van der Waals surface area contributed by atoms with Crippen molar-refractivity contribution >= 4 is 11.8 Å². The molecule has 2 unspecified atom stereocenters. The van der Waals surface area contributed by atoms with Crippen LogP contribution in [0.25, 0.3) is 0 Å². The molecule has 142 valence electrons. The third-order valence-electron chi connectivity index (χ3n) is 4.87. The number of amides is 2. The van der Waals surface area contributed by atoms with Gasteiger partial charge in [-0.3, -0.25) is 14.6 Å². The van der Waals surface area contributed by atoms with Crippen LogP contribution in [0.5, 0.6) is 0 Å². The predicted molar refractivity (Wildman–Crippen MR) is 104 cm³/mol. The maximum absolute atomic E-state index is 13.1. The number of aryl methyl sites for hydroxylation is 1. The van der Waals surface area contributed by atoms with E-state index in [0.29, 0.717) is 13.1 Å². The normalized spacial score (nSPS) is 18.0. The fourth-order valence-electron chi connectivity index (χ4n) is 3.46. The Bertz CT molecular complexity index is 777. The Morgan fingerprint density at radius 3 is 2.74 bits per heavy atom. The Balaban J connectivity index is 1.78. The number of hydrogen-bond donors (Lipinski definition) is 2. The molecular weight excluding hydrogens is 340 g/mol. The molecule has 0 spiro atoms. The van der Waals surface area contributed by atoms with Crippen LogP contribution in [-0.4, -0.2) is 41.3 Å². The summed E-state index contributed by atoms with van der Waals surface area (Å²) in [6, 6.07) is 11.4. The molecule has 1 fully saturated rings. The lowest BCUT2D eigenvalue weighted by molar-refractivity contribution is -0.135. The summed E-state index contributed by atoms with van der Waals surface area (Å²) < 4.78 is 0. The molecule has 0 radical (unpaired) electrons. The molecule has 0 saturated carbocycles. The highest BCUT2D eigenvalue weighted by Gasteiger charge is 2.30. The van der Waals surface area contributed by atoms with Gasteiger partial charge < -0.3 is 15.5 Å². The first-order valence-corrected chi connectivity index (χ1v) is 9.28. The van der Waals surface area contributed by atoms with Gasteiger partial charge in [-0.1, -0.05) is 35.9 Å². The zero-order valence-corrected chi connectivity index (χ0v) is 15.8. The van der Waals surface area contributed by atoms with Crippen LogP contribution in [0.15, 0.2) is 48.8 Å². The maximum atomic E-state index is 13.1. The minimum absolute atomic E-state index is 0.0321. The van der Waals surface area contributed by atoms with Gasteiger partial charge in [0.15, 0.2) is 0 Å². The summed E-state index contributed by atoms with van der Waals surface area (Å²) in [6.07, 6.45) is 3.78. The molecule has 0 aliphatic carbocycles. The second kappa shape index (κ2) is 8.77. The zero-order chi connectivity index (χ0) is 19.2. The van der Waals surface area contributed by atoms with Crippen molar-refractivity contribution in [1.29, 1.82) is 0 Å². The van der Waals surface area contributed by atoms with Gasteiger partial charge >= 0.3 is 0 Å². The van der Waals surface area contributed by atoms with Crippen LogP contribution in [-0.2, 0) is 9.59 Å². The van der Waals surface area contributed by atoms with Crippen LogP contribution in [0.1, 0.15) is 42.1 Å². The minimum Gasteiger partial charge on any atom is -0.349 e. The molecule has 6 nitrogen and oxygen atoms in total. The predicted octanol–water partition coefficient (Wildman–Crippen LogP) is 2.13. The second-order valence-electron chi connectivity index (χ2n) is 6.96. The Morgan fingerprint density at radius 1 is 1.30 bits per heavy atom. The molecule has 2 aromatic rings. The quantitative estimate of drug-likeness (QED) is 0.850. The molecule has 27 heavy (non-hydrogen) atoms. The van der Waals surface area contributed by atoms with E-state index in [2.05, 4.69) is 15.6 Å². The molecule has 1 saturated heterocycles. The van der Waals surface area contributed by atoms with Gasteiger partial charge in [-0.15, -0.1) is 0 Å². The molecule has 6 heteroatoms. The molecule has 2 atom stereocenters. The number of benzene rings is 1. The summed E-state index contributed by atoms with van der Waals surface area (Å²) in [4.78, 5) is 30.9. The average Bonchev–Trinajstić information content (AvgIpc) is 2.68. The highest BCUT2D eigenvalue weighted by atomic mass is 16.2. The number of carbonyl (C=O) groups excluding carboxylic acids is 2. The Labute approximate surface area is 160 Å². The minimum atomic E-state index is -0.333. The highest BCUT2D eigenvalue weighted by Crippen LogP contribution is 2.25. The lowest BCUT2D eigenvalue weighted by atomic mass is 9.99.